The third-order valence-electron chi connectivity index (χ3n) is 4.53. The van der Waals surface area contributed by atoms with Crippen LogP contribution < -0.4 is 9.64 Å². The van der Waals surface area contributed by atoms with Crippen LogP contribution in [0.2, 0.25) is 0 Å². The van der Waals surface area contributed by atoms with E-state index in [0.29, 0.717) is 0 Å². The third-order valence-corrected chi connectivity index (χ3v) is 4.53. The summed E-state index contributed by atoms with van der Waals surface area (Å²) in [6.07, 6.45) is 2.09. The quantitative estimate of drug-likeness (QED) is 0.918. The summed E-state index contributed by atoms with van der Waals surface area (Å²) in [4.78, 5) is 2.41. The largest absolute Gasteiger partial charge is 0.485 e. The van der Waals surface area contributed by atoms with Crippen LogP contribution in [0.15, 0.2) is 48.5 Å². The van der Waals surface area contributed by atoms with E-state index in [0.717, 1.165) is 25.1 Å². The summed E-state index contributed by atoms with van der Waals surface area (Å²) in [5.41, 5.74) is 3.87. The summed E-state index contributed by atoms with van der Waals surface area (Å²) in [7, 11) is 0. The van der Waals surface area contributed by atoms with Crippen LogP contribution in [0.5, 0.6) is 5.75 Å². The first-order valence-electron chi connectivity index (χ1n) is 7.59. The van der Waals surface area contributed by atoms with Gasteiger partial charge in [-0.2, -0.15) is 0 Å². The number of aliphatic hydroxyl groups is 1. The van der Waals surface area contributed by atoms with E-state index in [1.54, 1.807) is 0 Å². The minimum atomic E-state index is -0.187. The van der Waals surface area contributed by atoms with Crippen LogP contribution in [0.3, 0.4) is 0 Å². The minimum absolute atomic E-state index is 0.0397. The fourth-order valence-corrected chi connectivity index (χ4v) is 3.62. The highest BCUT2D eigenvalue weighted by Gasteiger charge is 2.39. The van der Waals surface area contributed by atoms with Gasteiger partial charge in [0.2, 0.25) is 0 Å². The number of rotatable bonds is 2. The number of aryl methyl sites for hydroxylation is 1. The second kappa shape index (κ2) is 5.08. The predicted octanol–water partition coefficient (Wildman–Crippen LogP) is 2.93. The van der Waals surface area contributed by atoms with Crippen LogP contribution in [-0.2, 0) is 6.42 Å². The number of anilines is 1. The zero-order valence-electron chi connectivity index (χ0n) is 11.9. The van der Waals surface area contributed by atoms with E-state index in [1.165, 1.54) is 16.8 Å². The molecule has 0 amide bonds. The summed E-state index contributed by atoms with van der Waals surface area (Å²) in [6.45, 7) is 1.05. The second-order valence-corrected chi connectivity index (χ2v) is 5.75. The summed E-state index contributed by atoms with van der Waals surface area (Å²) >= 11 is 0. The fourth-order valence-electron chi connectivity index (χ4n) is 3.62. The molecule has 1 N–H and O–H groups in total. The van der Waals surface area contributed by atoms with Crippen molar-refractivity contribution in [2.75, 3.05) is 18.1 Å². The molecule has 2 aromatic carbocycles. The Kier molecular flexibility index (Phi) is 3.08. The molecule has 3 heteroatoms. The molecule has 108 valence electrons. The molecule has 2 unspecified atom stereocenters. The molecule has 2 aliphatic rings. The molecule has 0 saturated heterocycles. The number of hydrogen-bond donors (Lipinski definition) is 1. The van der Waals surface area contributed by atoms with E-state index in [-0.39, 0.29) is 18.8 Å². The molecule has 0 radical (unpaired) electrons. The molecule has 3 nitrogen and oxygen atoms in total. The molecule has 2 aliphatic heterocycles. The molecule has 0 aromatic heterocycles. The number of benzene rings is 2. The predicted molar refractivity (Wildman–Crippen MR) is 82.8 cm³/mol. The van der Waals surface area contributed by atoms with E-state index in [1.807, 2.05) is 18.2 Å². The lowest BCUT2D eigenvalue weighted by Crippen LogP contribution is -2.40. The Balaban J connectivity index is 1.79. The number of ether oxygens (including phenoxy) is 1. The molecule has 0 saturated carbocycles. The summed E-state index contributed by atoms with van der Waals surface area (Å²) in [6, 6.07) is 16.8. The standard InChI is InChI=1S/C18H19NO2/c20-12-17-18(14-8-2-4-10-16(14)21-17)19-11-5-7-13-6-1-3-9-15(13)19/h1-4,6,8-10,17-18,20H,5,7,11-12H2. The number of para-hydroxylation sites is 2. The van der Waals surface area contributed by atoms with Crippen LogP contribution in [-0.4, -0.2) is 24.4 Å². The average molecular weight is 281 g/mol. The van der Waals surface area contributed by atoms with Crippen molar-refractivity contribution in [2.45, 2.75) is 25.0 Å². The lowest BCUT2D eigenvalue weighted by Gasteiger charge is -2.37. The van der Waals surface area contributed by atoms with Gasteiger partial charge in [-0.15, -0.1) is 0 Å². The Morgan fingerprint density at radius 3 is 2.81 bits per heavy atom. The van der Waals surface area contributed by atoms with Crippen molar-refractivity contribution in [1.29, 1.82) is 0 Å². The lowest BCUT2D eigenvalue weighted by molar-refractivity contribution is 0.114. The summed E-state index contributed by atoms with van der Waals surface area (Å²) in [5.74, 6) is 0.907. The zero-order valence-corrected chi connectivity index (χ0v) is 11.9. The first-order chi connectivity index (χ1) is 10.4. The van der Waals surface area contributed by atoms with Gasteiger partial charge < -0.3 is 14.7 Å². The van der Waals surface area contributed by atoms with Crippen molar-refractivity contribution in [2.24, 2.45) is 0 Å². The van der Waals surface area contributed by atoms with Crippen molar-refractivity contribution in [3.05, 3.63) is 59.7 Å². The van der Waals surface area contributed by atoms with Crippen LogP contribution in [0.4, 0.5) is 5.69 Å². The Labute approximate surface area is 124 Å². The van der Waals surface area contributed by atoms with E-state index < -0.39 is 0 Å². The third kappa shape index (κ3) is 2.00. The van der Waals surface area contributed by atoms with Crippen LogP contribution in [0.25, 0.3) is 0 Å². The lowest BCUT2D eigenvalue weighted by atomic mass is 9.95. The number of hydrogen-bond acceptors (Lipinski definition) is 3. The molecular weight excluding hydrogens is 262 g/mol. The van der Waals surface area contributed by atoms with E-state index in [4.69, 9.17) is 4.74 Å². The van der Waals surface area contributed by atoms with Crippen LogP contribution in [0.1, 0.15) is 23.6 Å². The molecule has 2 atom stereocenters. The summed E-state index contributed by atoms with van der Waals surface area (Å²) < 4.78 is 5.95. The summed E-state index contributed by atoms with van der Waals surface area (Å²) in [5, 5.41) is 9.74. The topological polar surface area (TPSA) is 32.7 Å². The zero-order chi connectivity index (χ0) is 14.2. The highest BCUT2D eigenvalue weighted by molar-refractivity contribution is 5.59. The van der Waals surface area contributed by atoms with Crippen molar-refractivity contribution in [3.63, 3.8) is 0 Å². The van der Waals surface area contributed by atoms with E-state index in [9.17, 15) is 5.11 Å². The Morgan fingerprint density at radius 2 is 1.90 bits per heavy atom. The molecular formula is C18H19NO2. The first-order valence-corrected chi connectivity index (χ1v) is 7.59. The molecule has 2 heterocycles. The van der Waals surface area contributed by atoms with E-state index >= 15 is 0 Å². The van der Waals surface area contributed by atoms with Crippen LogP contribution in [0, 0.1) is 0 Å². The molecule has 4 rings (SSSR count). The van der Waals surface area contributed by atoms with Gasteiger partial charge in [0.15, 0.2) is 0 Å². The van der Waals surface area contributed by atoms with Gasteiger partial charge in [-0.3, -0.25) is 0 Å². The SMILES string of the molecule is OCC1Oc2ccccc2C1N1CCCc2ccccc21. The minimum Gasteiger partial charge on any atom is -0.485 e. The number of fused-ring (bicyclic) bond motifs is 2. The van der Waals surface area contributed by atoms with Gasteiger partial charge in [-0.1, -0.05) is 36.4 Å². The first kappa shape index (κ1) is 12.7. The van der Waals surface area contributed by atoms with Gasteiger partial charge in [-0.05, 0) is 30.5 Å². The molecule has 0 fully saturated rings. The number of aliphatic hydroxyl groups excluding tert-OH is 1. The Morgan fingerprint density at radius 1 is 1.10 bits per heavy atom. The maximum atomic E-state index is 9.74. The van der Waals surface area contributed by atoms with Gasteiger partial charge in [-0.25, -0.2) is 0 Å². The maximum absolute atomic E-state index is 9.74. The van der Waals surface area contributed by atoms with E-state index in [2.05, 4.69) is 35.2 Å². The van der Waals surface area contributed by atoms with Gasteiger partial charge in [0.25, 0.3) is 0 Å². The maximum Gasteiger partial charge on any atom is 0.146 e. The van der Waals surface area contributed by atoms with Crippen molar-refractivity contribution >= 4 is 5.69 Å². The fraction of sp³-hybridized carbons (Fsp3) is 0.333. The molecule has 21 heavy (non-hydrogen) atoms. The van der Waals surface area contributed by atoms with Crippen LogP contribution >= 0.6 is 0 Å². The molecule has 0 bridgehead atoms. The van der Waals surface area contributed by atoms with Gasteiger partial charge in [0, 0.05) is 17.8 Å². The Hall–Kier alpha value is -2.00. The Bertz CT molecular complexity index is 655. The monoisotopic (exact) mass is 281 g/mol. The number of nitrogens with zero attached hydrogens (tertiary/aromatic N) is 1. The normalized spacial score (nSPS) is 23.4. The van der Waals surface area contributed by atoms with Gasteiger partial charge in [0.1, 0.15) is 11.9 Å². The van der Waals surface area contributed by atoms with Gasteiger partial charge >= 0.3 is 0 Å². The van der Waals surface area contributed by atoms with Crippen molar-refractivity contribution in [3.8, 4) is 5.75 Å². The van der Waals surface area contributed by atoms with Crippen molar-refractivity contribution < 1.29 is 9.84 Å². The second-order valence-electron chi connectivity index (χ2n) is 5.75. The van der Waals surface area contributed by atoms with Crippen molar-refractivity contribution in [1.82, 2.24) is 0 Å². The highest BCUT2D eigenvalue weighted by atomic mass is 16.5. The highest BCUT2D eigenvalue weighted by Crippen LogP contribution is 2.44. The van der Waals surface area contributed by atoms with Gasteiger partial charge in [0.05, 0.1) is 12.6 Å². The molecule has 2 aromatic rings. The average Bonchev–Trinajstić information content (AvgIpc) is 2.92. The smallest absolute Gasteiger partial charge is 0.146 e. The molecule has 0 spiro atoms. The molecule has 0 aliphatic carbocycles.